The molecule has 0 fully saturated rings. The molecule has 1 aromatic carbocycles. The van der Waals surface area contributed by atoms with Gasteiger partial charge in [-0.3, -0.25) is 10.1 Å². The van der Waals surface area contributed by atoms with Crippen LogP contribution < -0.4 is 5.73 Å². The molecule has 0 atom stereocenters. The second kappa shape index (κ2) is 3.08. The summed E-state index contributed by atoms with van der Waals surface area (Å²) in [6.45, 7) is 0.131. The van der Waals surface area contributed by atoms with Gasteiger partial charge in [-0.05, 0) is 6.07 Å². The Morgan fingerprint density at radius 1 is 1.57 bits per heavy atom. The monoisotopic (exact) mass is 193 g/mol. The first kappa shape index (κ1) is 8.64. The fourth-order valence-corrected chi connectivity index (χ4v) is 1.21. The van der Waals surface area contributed by atoms with Crippen LogP contribution in [-0.4, -0.2) is 9.91 Å². The summed E-state index contributed by atoms with van der Waals surface area (Å²) in [5.41, 5.74) is 5.86. The van der Waals surface area contributed by atoms with Gasteiger partial charge in [-0.2, -0.15) is 0 Å². The van der Waals surface area contributed by atoms with E-state index in [1.807, 2.05) is 0 Å². The molecule has 2 N–H and O–H groups in total. The summed E-state index contributed by atoms with van der Waals surface area (Å²) < 4.78 is 5.13. The van der Waals surface area contributed by atoms with Gasteiger partial charge in [0.1, 0.15) is 5.52 Å². The van der Waals surface area contributed by atoms with Crippen LogP contribution in [0.3, 0.4) is 0 Å². The van der Waals surface area contributed by atoms with Crippen LogP contribution in [0.5, 0.6) is 0 Å². The van der Waals surface area contributed by atoms with E-state index >= 15 is 0 Å². The highest BCUT2D eigenvalue weighted by Crippen LogP contribution is 2.25. The Labute approximate surface area is 78.5 Å². The molecule has 0 aliphatic heterocycles. The fraction of sp³-hybridized carbons (Fsp3) is 0.125. The van der Waals surface area contributed by atoms with E-state index in [1.165, 1.54) is 6.07 Å². The number of non-ortho nitro benzene ring substituents is 1. The maximum atomic E-state index is 10.6. The summed E-state index contributed by atoms with van der Waals surface area (Å²) in [4.78, 5) is 14.1. The number of rotatable bonds is 2. The Hall–Kier alpha value is -1.95. The predicted octanol–water partition coefficient (Wildman–Crippen LogP) is 1.19. The molecule has 0 spiro atoms. The third-order valence-electron chi connectivity index (χ3n) is 1.81. The SMILES string of the molecule is NCc1nc2cccc([N+](=O)[O-])c2o1. The lowest BCUT2D eigenvalue weighted by atomic mass is 10.3. The standard InChI is InChI=1S/C8H7N3O3/c9-4-7-10-5-2-1-3-6(11(12)13)8(5)14-7/h1-3H,4,9H2. The van der Waals surface area contributed by atoms with Gasteiger partial charge in [0.15, 0.2) is 0 Å². The smallest absolute Gasteiger partial charge is 0.313 e. The minimum atomic E-state index is -0.506. The fourth-order valence-electron chi connectivity index (χ4n) is 1.21. The molecule has 0 amide bonds. The average molecular weight is 193 g/mol. The highest BCUT2D eigenvalue weighted by atomic mass is 16.6. The summed E-state index contributed by atoms with van der Waals surface area (Å²) >= 11 is 0. The molecule has 0 saturated carbocycles. The number of nitro benzene ring substituents is 1. The number of benzene rings is 1. The lowest BCUT2D eigenvalue weighted by Crippen LogP contribution is -1.94. The van der Waals surface area contributed by atoms with Crippen molar-refractivity contribution in [3.63, 3.8) is 0 Å². The first-order valence-corrected chi connectivity index (χ1v) is 3.95. The Bertz CT molecular complexity index is 492. The number of hydrogen-bond donors (Lipinski definition) is 1. The Kier molecular flexibility index (Phi) is 1.90. The molecule has 2 rings (SSSR count). The zero-order valence-electron chi connectivity index (χ0n) is 7.14. The van der Waals surface area contributed by atoms with E-state index in [4.69, 9.17) is 10.2 Å². The largest absolute Gasteiger partial charge is 0.432 e. The van der Waals surface area contributed by atoms with Crippen LogP contribution in [0.15, 0.2) is 22.6 Å². The highest BCUT2D eigenvalue weighted by Gasteiger charge is 2.16. The van der Waals surface area contributed by atoms with Gasteiger partial charge in [-0.25, -0.2) is 4.98 Å². The first-order valence-electron chi connectivity index (χ1n) is 3.95. The quantitative estimate of drug-likeness (QED) is 0.571. The molecule has 2 aromatic rings. The molecular weight excluding hydrogens is 186 g/mol. The van der Waals surface area contributed by atoms with Crippen LogP contribution in [0.2, 0.25) is 0 Å². The van der Waals surface area contributed by atoms with Crippen molar-refractivity contribution in [2.75, 3.05) is 0 Å². The second-order valence-corrected chi connectivity index (χ2v) is 2.69. The van der Waals surface area contributed by atoms with Gasteiger partial charge < -0.3 is 10.2 Å². The summed E-state index contributed by atoms with van der Waals surface area (Å²) in [6.07, 6.45) is 0. The summed E-state index contributed by atoms with van der Waals surface area (Å²) in [6, 6.07) is 4.57. The van der Waals surface area contributed by atoms with Gasteiger partial charge in [-0.15, -0.1) is 0 Å². The maximum absolute atomic E-state index is 10.6. The third-order valence-corrected chi connectivity index (χ3v) is 1.81. The van der Waals surface area contributed by atoms with Gasteiger partial charge in [0.25, 0.3) is 0 Å². The van der Waals surface area contributed by atoms with Crippen LogP contribution >= 0.6 is 0 Å². The summed E-state index contributed by atoms with van der Waals surface area (Å²) in [7, 11) is 0. The van der Waals surface area contributed by atoms with Crippen LogP contribution in [0.1, 0.15) is 5.89 Å². The number of nitrogens with zero attached hydrogens (tertiary/aromatic N) is 2. The Balaban J connectivity index is 2.73. The molecule has 1 aromatic heterocycles. The van der Waals surface area contributed by atoms with E-state index in [-0.39, 0.29) is 17.8 Å². The molecule has 6 nitrogen and oxygen atoms in total. The van der Waals surface area contributed by atoms with Crippen molar-refractivity contribution in [2.24, 2.45) is 5.73 Å². The van der Waals surface area contributed by atoms with Crippen molar-refractivity contribution in [3.05, 3.63) is 34.2 Å². The molecule has 1 heterocycles. The lowest BCUT2D eigenvalue weighted by Gasteiger charge is -1.89. The number of nitrogens with two attached hydrogens (primary N) is 1. The zero-order chi connectivity index (χ0) is 10.1. The molecule has 6 heteroatoms. The van der Waals surface area contributed by atoms with Crippen molar-refractivity contribution < 1.29 is 9.34 Å². The predicted molar refractivity (Wildman–Crippen MR) is 48.6 cm³/mol. The van der Waals surface area contributed by atoms with Crippen molar-refractivity contribution in [3.8, 4) is 0 Å². The molecule has 0 unspecified atom stereocenters. The number of fused-ring (bicyclic) bond motifs is 1. The van der Waals surface area contributed by atoms with Crippen molar-refractivity contribution in [1.82, 2.24) is 4.98 Å². The number of nitro groups is 1. The molecule has 0 bridgehead atoms. The van der Waals surface area contributed by atoms with E-state index in [2.05, 4.69) is 4.98 Å². The van der Waals surface area contributed by atoms with E-state index in [9.17, 15) is 10.1 Å². The molecule has 72 valence electrons. The molecule has 14 heavy (non-hydrogen) atoms. The van der Waals surface area contributed by atoms with Crippen LogP contribution in [0.25, 0.3) is 11.1 Å². The van der Waals surface area contributed by atoms with E-state index in [1.54, 1.807) is 12.1 Å². The second-order valence-electron chi connectivity index (χ2n) is 2.69. The summed E-state index contributed by atoms with van der Waals surface area (Å²) in [5, 5.41) is 10.6. The molecule has 0 saturated heterocycles. The van der Waals surface area contributed by atoms with E-state index in [0.29, 0.717) is 11.4 Å². The van der Waals surface area contributed by atoms with Gasteiger partial charge in [0.05, 0.1) is 11.5 Å². The van der Waals surface area contributed by atoms with Crippen molar-refractivity contribution >= 4 is 16.8 Å². The van der Waals surface area contributed by atoms with Crippen LogP contribution in [0.4, 0.5) is 5.69 Å². The van der Waals surface area contributed by atoms with Crippen LogP contribution in [0, 0.1) is 10.1 Å². The molecule has 0 aliphatic rings. The lowest BCUT2D eigenvalue weighted by molar-refractivity contribution is -0.383. The Morgan fingerprint density at radius 2 is 2.36 bits per heavy atom. The minimum absolute atomic E-state index is 0.0882. The highest BCUT2D eigenvalue weighted by molar-refractivity contribution is 5.82. The average Bonchev–Trinajstić information content (AvgIpc) is 2.59. The molecule has 0 radical (unpaired) electrons. The number of hydrogen-bond acceptors (Lipinski definition) is 5. The van der Waals surface area contributed by atoms with Gasteiger partial charge >= 0.3 is 5.69 Å². The van der Waals surface area contributed by atoms with Crippen molar-refractivity contribution in [1.29, 1.82) is 0 Å². The van der Waals surface area contributed by atoms with Gasteiger partial charge in [0.2, 0.25) is 11.5 Å². The Morgan fingerprint density at radius 3 is 3.00 bits per heavy atom. The number of para-hydroxylation sites is 1. The van der Waals surface area contributed by atoms with E-state index in [0.717, 1.165) is 0 Å². The molecular formula is C8H7N3O3. The van der Waals surface area contributed by atoms with Crippen molar-refractivity contribution in [2.45, 2.75) is 6.54 Å². The number of oxazole rings is 1. The van der Waals surface area contributed by atoms with E-state index < -0.39 is 4.92 Å². The van der Waals surface area contributed by atoms with Gasteiger partial charge in [0, 0.05) is 6.07 Å². The summed E-state index contributed by atoms with van der Waals surface area (Å²) in [5.74, 6) is 0.300. The zero-order valence-corrected chi connectivity index (χ0v) is 7.14. The minimum Gasteiger partial charge on any atom is -0.432 e. The van der Waals surface area contributed by atoms with Crippen LogP contribution in [-0.2, 0) is 6.54 Å². The maximum Gasteiger partial charge on any atom is 0.313 e. The third kappa shape index (κ3) is 1.21. The normalized spacial score (nSPS) is 10.6. The van der Waals surface area contributed by atoms with Gasteiger partial charge in [-0.1, -0.05) is 6.07 Å². The number of aromatic nitrogens is 1. The topological polar surface area (TPSA) is 95.2 Å². The molecule has 0 aliphatic carbocycles. The first-order chi connectivity index (χ1) is 6.72.